The fourth-order valence-electron chi connectivity index (χ4n) is 4.27. The zero-order chi connectivity index (χ0) is 20.6. The fraction of sp³-hybridized carbons (Fsp3) is 0.462. The first-order valence-corrected chi connectivity index (χ1v) is 12.8. The molecule has 0 amide bonds. The Balaban J connectivity index is 1.87. The van der Waals surface area contributed by atoms with E-state index in [9.17, 15) is 0 Å². The Kier molecular flexibility index (Phi) is 7.72. The van der Waals surface area contributed by atoms with Crippen LogP contribution < -0.4 is 10.4 Å². The van der Waals surface area contributed by atoms with Crippen LogP contribution in [-0.2, 0) is 9.16 Å². The summed E-state index contributed by atoms with van der Waals surface area (Å²) in [4.78, 5) is 0. The van der Waals surface area contributed by atoms with E-state index in [1.54, 1.807) is 0 Å². The summed E-state index contributed by atoms with van der Waals surface area (Å²) >= 11 is 0. The van der Waals surface area contributed by atoms with Gasteiger partial charge in [0.15, 0.2) is 0 Å². The van der Waals surface area contributed by atoms with Crippen LogP contribution in [0.2, 0.25) is 5.04 Å². The first kappa shape index (κ1) is 21.8. The minimum absolute atomic E-state index is 0.0197. The second-order valence-electron chi connectivity index (χ2n) is 8.84. The number of hydrogen-bond acceptors (Lipinski definition) is 2. The third-order valence-electron chi connectivity index (χ3n) is 5.72. The number of ether oxygens (including phenoxy) is 1. The summed E-state index contributed by atoms with van der Waals surface area (Å²) in [6, 6.07) is 21.5. The summed E-state index contributed by atoms with van der Waals surface area (Å²) in [6.07, 6.45) is 6.01. The average Bonchev–Trinajstić information content (AvgIpc) is 2.70. The highest BCUT2D eigenvalue weighted by atomic mass is 28.4. The zero-order valence-corrected chi connectivity index (χ0v) is 19.1. The lowest BCUT2D eigenvalue weighted by atomic mass is 10.1. The molecule has 0 spiro atoms. The molecule has 2 aromatic carbocycles. The minimum atomic E-state index is -2.50. The topological polar surface area (TPSA) is 18.5 Å². The first-order valence-electron chi connectivity index (χ1n) is 10.9. The fourth-order valence-corrected chi connectivity index (χ4v) is 8.71. The number of benzene rings is 2. The van der Waals surface area contributed by atoms with E-state index in [0.717, 1.165) is 19.4 Å². The van der Waals surface area contributed by atoms with Crippen molar-refractivity contribution in [2.75, 3.05) is 13.2 Å². The van der Waals surface area contributed by atoms with Crippen LogP contribution in [-0.4, -0.2) is 27.6 Å². The van der Waals surface area contributed by atoms with E-state index in [-0.39, 0.29) is 11.1 Å². The van der Waals surface area contributed by atoms with Gasteiger partial charge in [0.1, 0.15) is 6.10 Å². The van der Waals surface area contributed by atoms with E-state index >= 15 is 0 Å². The molecule has 0 N–H and O–H groups in total. The molecule has 29 heavy (non-hydrogen) atoms. The molecule has 3 heteroatoms. The van der Waals surface area contributed by atoms with Crippen LogP contribution in [0.3, 0.4) is 0 Å². The summed E-state index contributed by atoms with van der Waals surface area (Å²) in [7, 11) is -2.50. The zero-order valence-electron chi connectivity index (χ0n) is 18.1. The normalized spacial score (nSPS) is 18.2. The van der Waals surface area contributed by atoms with Crippen molar-refractivity contribution in [2.45, 2.75) is 64.0 Å². The molecule has 1 heterocycles. The lowest BCUT2D eigenvalue weighted by Gasteiger charge is -2.42. The molecule has 0 saturated carbocycles. The molecule has 1 atom stereocenters. The van der Waals surface area contributed by atoms with Crippen molar-refractivity contribution in [2.24, 2.45) is 0 Å². The van der Waals surface area contributed by atoms with Gasteiger partial charge in [0, 0.05) is 6.61 Å². The Morgan fingerprint density at radius 3 is 2.07 bits per heavy atom. The van der Waals surface area contributed by atoms with Crippen molar-refractivity contribution in [1.29, 1.82) is 0 Å². The lowest BCUT2D eigenvalue weighted by Crippen LogP contribution is -2.66. The summed E-state index contributed by atoms with van der Waals surface area (Å²) in [5.74, 6) is 6.65. The van der Waals surface area contributed by atoms with Crippen LogP contribution in [0, 0.1) is 11.8 Å². The van der Waals surface area contributed by atoms with Gasteiger partial charge < -0.3 is 9.16 Å². The van der Waals surface area contributed by atoms with Crippen LogP contribution in [0.15, 0.2) is 60.7 Å². The van der Waals surface area contributed by atoms with Crippen LogP contribution in [0.5, 0.6) is 0 Å². The van der Waals surface area contributed by atoms with E-state index in [0.29, 0.717) is 6.61 Å². The third-order valence-corrected chi connectivity index (χ3v) is 10.7. The molecule has 3 rings (SSSR count). The van der Waals surface area contributed by atoms with Crippen molar-refractivity contribution in [1.82, 2.24) is 0 Å². The van der Waals surface area contributed by atoms with E-state index < -0.39 is 8.32 Å². The van der Waals surface area contributed by atoms with Crippen molar-refractivity contribution in [3.63, 3.8) is 0 Å². The van der Waals surface area contributed by atoms with Gasteiger partial charge in [-0.25, -0.2) is 0 Å². The maximum absolute atomic E-state index is 6.82. The van der Waals surface area contributed by atoms with E-state index in [4.69, 9.17) is 9.16 Å². The SMILES string of the molecule is CC(C)(C)[Si](OCC#CC1CCCCCCO1)(c1ccccc1)c1ccccc1. The lowest BCUT2D eigenvalue weighted by molar-refractivity contribution is 0.0722. The highest BCUT2D eigenvalue weighted by Gasteiger charge is 2.49. The maximum atomic E-state index is 6.82. The summed E-state index contributed by atoms with van der Waals surface area (Å²) in [5.41, 5.74) is 0. The smallest absolute Gasteiger partial charge is 0.262 e. The van der Waals surface area contributed by atoms with E-state index in [2.05, 4.69) is 93.3 Å². The van der Waals surface area contributed by atoms with Crippen LogP contribution in [0.25, 0.3) is 0 Å². The molecule has 1 unspecified atom stereocenters. The Bertz CT molecular complexity index is 752. The molecular weight excluding hydrogens is 372 g/mol. The van der Waals surface area contributed by atoms with Gasteiger partial charge in [-0.05, 0) is 34.7 Å². The Morgan fingerprint density at radius 2 is 1.48 bits per heavy atom. The molecule has 1 aliphatic rings. The van der Waals surface area contributed by atoms with Gasteiger partial charge in [-0.15, -0.1) is 0 Å². The molecule has 2 aromatic rings. The van der Waals surface area contributed by atoms with Crippen LogP contribution in [0.4, 0.5) is 0 Å². The third kappa shape index (κ3) is 5.39. The van der Waals surface area contributed by atoms with Crippen LogP contribution in [0.1, 0.15) is 52.9 Å². The summed E-state index contributed by atoms with van der Waals surface area (Å²) in [5, 5.41) is 2.57. The van der Waals surface area contributed by atoms with Crippen molar-refractivity contribution >= 4 is 18.7 Å². The largest absolute Gasteiger partial charge is 0.396 e. The van der Waals surface area contributed by atoms with E-state index in [1.165, 1.54) is 29.6 Å². The Morgan fingerprint density at radius 1 is 0.897 bits per heavy atom. The monoisotopic (exact) mass is 406 g/mol. The molecule has 0 bridgehead atoms. The van der Waals surface area contributed by atoms with Gasteiger partial charge in [-0.2, -0.15) is 0 Å². The second kappa shape index (κ2) is 10.3. The molecule has 0 aliphatic carbocycles. The van der Waals surface area contributed by atoms with Gasteiger partial charge >= 0.3 is 0 Å². The van der Waals surface area contributed by atoms with Gasteiger partial charge in [0.05, 0.1) is 6.61 Å². The molecule has 1 fully saturated rings. The standard InChI is InChI=1S/C26H34O2Si/c1-26(2,3)29(24-17-9-6-10-18-24,25-19-11-7-12-20-25)28-22-14-16-23-15-8-4-5-13-21-27-23/h6-7,9-12,17-20,23H,4-5,8,13,15,21-22H2,1-3H3. The Hall–Kier alpha value is -1.86. The Labute approximate surface area is 177 Å². The molecule has 154 valence electrons. The molecule has 1 saturated heterocycles. The van der Waals surface area contributed by atoms with Gasteiger partial charge in [-0.3, -0.25) is 0 Å². The van der Waals surface area contributed by atoms with Gasteiger partial charge in [-0.1, -0.05) is 106 Å². The van der Waals surface area contributed by atoms with Crippen molar-refractivity contribution in [3.05, 3.63) is 60.7 Å². The quantitative estimate of drug-likeness (QED) is 0.530. The van der Waals surface area contributed by atoms with Crippen molar-refractivity contribution in [3.8, 4) is 11.8 Å². The second-order valence-corrected chi connectivity index (χ2v) is 13.1. The predicted molar refractivity (Wildman–Crippen MR) is 124 cm³/mol. The minimum Gasteiger partial charge on any atom is -0.396 e. The average molecular weight is 407 g/mol. The molecular formula is C26H34O2Si. The van der Waals surface area contributed by atoms with Crippen molar-refractivity contribution < 1.29 is 9.16 Å². The van der Waals surface area contributed by atoms with E-state index in [1.807, 2.05) is 0 Å². The molecule has 0 aromatic heterocycles. The summed E-state index contributed by atoms with van der Waals surface area (Å²) < 4.78 is 12.8. The molecule has 1 aliphatic heterocycles. The molecule has 0 radical (unpaired) electrons. The number of rotatable bonds is 4. The maximum Gasteiger partial charge on any atom is 0.262 e. The van der Waals surface area contributed by atoms with Crippen LogP contribution >= 0.6 is 0 Å². The first-order chi connectivity index (χ1) is 14.0. The predicted octanol–water partition coefficient (Wildman–Crippen LogP) is 4.92. The highest BCUT2D eigenvalue weighted by molar-refractivity contribution is 6.99. The number of hydrogen-bond donors (Lipinski definition) is 0. The molecule has 2 nitrogen and oxygen atoms in total. The summed E-state index contributed by atoms with van der Waals surface area (Å²) in [6.45, 7) is 8.15. The van der Waals surface area contributed by atoms with Gasteiger partial charge in [0.25, 0.3) is 8.32 Å². The highest BCUT2D eigenvalue weighted by Crippen LogP contribution is 2.36. The van der Waals surface area contributed by atoms with Gasteiger partial charge in [0.2, 0.25) is 0 Å².